The van der Waals surface area contributed by atoms with Gasteiger partial charge >= 0.3 is 0 Å². The quantitative estimate of drug-likeness (QED) is 0.456. The van der Waals surface area contributed by atoms with Gasteiger partial charge in [-0.05, 0) is 5.92 Å². The molecule has 0 rings (SSSR count). The van der Waals surface area contributed by atoms with E-state index < -0.39 is 0 Å². The Balaban J connectivity index is 2.86. The second-order valence-electron chi connectivity index (χ2n) is 2.80. The molecule has 0 saturated heterocycles. The molecule has 3 heteroatoms. The fourth-order valence-corrected chi connectivity index (χ4v) is 0.608. The first-order valence-electron chi connectivity index (χ1n) is 3.92. The zero-order valence-electron chi connectivity index (χ0n) is 7.26. The fraction of sp³-hybridized carbons (Fsp3) is 0.875. The van der Waals surface area contributed by atoms with Gasteiger partial charge in [0.15, 0.2) is 0 Å². The van der Waals surface area contributed by atoms with E-state index in [2.05, 4.69) is 19.2 Å². The van der Waals surface area contributed by atoms with Crippen molar-refractivity contribution in [3.63, 3.8) is 0 Å². The second kappa shape index (κ2) is 7.52. The lowest BCUT2D eigenvalue weighted by Gasteiger charge is -2.05. The van der Waals surface area contributed by atoms with Crippen LogP contribution in [0, 0.1) is 17.2 Å². The van der Waals surface area contributed by atoms with Crippen molar-refractivity contribution >= 4 is 0 Å². The third kappa shape index (κ3) is 9.41. The van der Waals surface area contributed by atoms with Crippen LogP contribution in [0.3, 0.4) is 0 Å². The van der Waals surface area contributed by atoms with Crippen LogP contribution in [0.5, 0.6) is 0 Å². The first kappa shape index (κ1) is 10.4. The largest absolute Gasteiger partial charge is 0.380 e. The molecule has 1 N–H and O–H groups in total. The van der Waals surface area contributed by atoms with E-state index in [9.17, 15) is 0 Å². The van der Waals surface area contributed by atoms with Crippen molar-refractivity contribution in [2.75, 3.05) is 26.3 Å². The van der Waals surface area contributed by atoms with Gasteiger partial charge in [0, 0.05) is 13.2 Å². The summed E-state index contributed by atoms with van der Waals surface area (Å²) in [6, 6.07) is 2.00. The van der Waals surface area contributed by atoms with Gasteiger partial charge in [-0.25, -0.2) is 0 Å². The predicted octanol–water partition coefficient (Wildman–Crippen LogP) is 0.772. The van der Waals surface area contributed by atoms with Gasteiger partial charge in [0.1, 0.15) is 0 Å². The Morgan fingerprint density at radius 3 is 2.82 bits per heavy atom. The molecule has 0 aliphatic rings. The van der Waals surface area contributed by atoms with E-state index in [1.165, 1.54) is 0 Å². The molecule has 0 fully saturated rings. The summed E-state index contributed by atoms with van der Waals surface area (Å²) in [4.78, 5) is 0. The topological polar surface area (TPSA) is 45.0 Å². The van der Waals surface area contributed by atoms with Crippen molar-refractivity contribution in [1.29, 1.82) is 5.26 Å². The van der Waals surface area contributed by atoms with Gasteiger partial charge in [-0.3, -0.25) is 0 Å². The number of nitriles is 1. The van der Waals surface area contributed by atoms with Crippen molar-refractivity contribution in [2.45, 2.75) is 13.8 Å². The number of ether oxygens (including phenoxy) is 1. The lowest BCUT2D eigenvalue weighted by molar-refractivity contribution is 0.112. The van der Waals surface area contributed by atoms with Gasteiger partial charge < -0.3 is 10.1 Å². The average Bonchev–Trinajstić information content (AvgIpc) is 1.96. The summed E-state index contributed by atoms with van der Waals surface area (Å²) in [7, 11) is 0. The van der Waals surface area contributed by atoms with Crippen molar-refractivity contribution in [3.8, 4) is 6.07 Å². The van der Waals surface area contributed by atoms with Crippen LogP contribution in [0.2, 0.25) is 0 Å². The molecule has 0 spiro atoms. The minimum atomic E-state index is 0.408. The first-order chi connectivity index (χ1) is 5.27. The molecule has 0 aromatic carbocycles. The number of rotatable bonds is 6. The minimum absolute atomic E-state index is 0.408. The fourth-order valence-electron chi connectivity index (χ4n) is 0.608. The van der Waals surface area contributed by atoms with Crippen LogP contribution < -0.4 is 5.32 Å². The highest BCUT2D eigenvalue weighted by Gasteiger charge is 1.92. The van der Waals surface area contributed by atoms with E-state index in [0.717, 1.165) is 13.2 Å². The highest BCUT2D eigenvalue weighted by molar-refractivity contribution is 4.72. The van der Waals surface area contributed by atoms with Gasteiger partial charge in [0.05, 0.1) is 19.2 Å². The summed E-state index contributed by atoms with van der Waals surface area (Å²) >= 11 is 0. The van der Waals surface area contributed by atoms with Crippen molar-refractivity contribution in [1.82, 2.24) is 5.32 Å². The Kier molecular flexibility index (Phi) is 7.11. The zero-order chi connectivity index (χ0) is 8.53. The van der Waals surface area contributed by atoms with E-state index in [1.54, 1.807) is 0 Å². The Labute approximate surface area is 68.3 Å². The maximum Gasteiger partial charge on any atom is 0.0841 e. The van der Waals surface area contributed by atoms with Crippen LogP contribution >= 0.6 is 0 Å². The molecular formula is C8H16N2O. The summed E-state index contributed by atoms with van der Waals surface area (Å²) < 4.78 is 5.27. The number of nitrogens with one attached hydrogen (secondary N) is 1. The SMILES string of the molecule is CC(C)COCCNCC#N. The van der Waals surface area contributed by atoms with Crippen LogP contribution in [-0.4, -0.2) is 26.3 Å². The molecule has 0 radical (unpaired) electrons. The van der Waals surface area contributed by atoms with Crippen LogP contribution in [0.25, 0.3) is 0 Å². The third-order valence-corrected chi connectivity index (χ3v) is 1.08. The van der Waals surface area contributed by atoms with Gasteiger partial charge in [-0.15, -0.1) is 0 Å². The van der Waals surface area contributed by atoms with E-state index in [0.29, 0.717) is 19.1 Å². The number of hydrogen-bond acceptors (Lipinski definition) is 3. The molecule has 0 aliphatic carbocycles. The van der Waals surface area contributed by atoms with E-state index in [4.69, 9.17) is 10.00 Å². The Hall–Kier alpha value is -0.590. The van der Waals surface area contributed by atoms with Gasteiger partial charge in [-0.2, -0.15) is 5.26 Å². The van der Waals surface area contributed by atoms with Crippen LogP contribution in [0.15, 0.2) is 0 Å². The zero-order valence-corrected chi connectivity index (χ0v) is 7.26. The standard InChI is InChI=1S/C8H16N2O/c1-8(2)7-11-6-5-10-4-3-9/h8,10H,4-7H2,1-2H3. The Morgan fingerprint density at radius 2 is 2.27 bits per heavy atom. The Morgan fingerprint density at radius 1 is 1.55 bits per heavy atom. The maximum atomic E-state index is 8.16. The summed E-state index contributed by atoms with van der Waals surface area (Å²) in [5.74, 6) is 0.589. The molecule has 0 amide bonds. The van der Waals surface area contributed by atoms with Gasteiger partial charge in [-0.1, -0.05) is 13.8 Å². The first-order valence-corrected chi connectivity index (χ1v) is 3.92. The van der Waals surface area contributed by atoms with Crippen molar-refractivity contribution in [3.05, 3.63) is 0 Å². The summed E-state index contributed by atoms with van der Waals surface area (Å²) in [5, 5.41) is 11.1. The lowest BCUT2D eigenvalue weighted by atomic mass is 10.2. The van der Waals surface area contributed by atoms with E-state index in [-0.39, 0.29) is 0 Å². The molecule has 11 heavy (non-hydrogen) atoms. The summed E-state index contributed by atoms with van der Waals surface area (Å²) in [6.07, 6.45) is 0. The number of nitrogens with zero attached hydrogens (tertiary/aromatic N) is 1. The molecule has 0 aliphatic heterocycles. The molecule has 0 bridgehead atoms. The molecule has 0 aromatic rings. The Bertz CT molecular complexity index is 118. The lowest BCUT2D eigenvalue weighted by Crippen LogP contribution is -2.20. The maximum absolute atomic E-state index is 8.16. The smallest absolute Gasteiger partial charge is 0.0841 e. The monoisotopic (exact) mass is 156 g/mol. The second-order valence-corrected chi connectivity index (χ2v) is 2.80. The molecule has 0 atom stereocenters. The highest BCUT2D eigenvalue weighted by Crippen LogP contribution is 1.90. The molecule has 64 valence electrons. The average molecular weight is 156 g/mol. The molecule has 0 saturated carbocycles. The minimum Gasteiger partial charge on any atom is -0.380 e. The normalized spacial score (nSPS) is 10.0. The van der Waals surface area contributed by atoms with Crippen LogP contribution in [0.1, 0.15) is 13.8 Å². The molecule has 0 unspecified atom stereocenters. The number of hydrogen-bond donors (Lipinski definition) is 1. The summed E-state index contributed by atoms with van der Waals surface area (Å²) in [6.45, 7) is 6.89. The van der Waals surface area contributed by atoms with E-state index in [1.807, 2.05) is 6.07 Å². The molecule has 0 aromatic heterocycles. The van der Waals surface area contributed by atoms with E-state index >= 15 is 0 Å². The molecule has 3 nitrogen and oxygen atoms in total. The molecular weight excluding hydrogens is 140 g/mol. The van der Waals surface area contributed by atoms with Crippen LogP contribution in [0.4, 0.5) is 0 Å². The van der Waals surface area contributed by atoms with Crippen molar-refractivity contribution < 1.29 is 4.74 Å². The van der Waals surface area contributed by atoms with Gasteiger partial charge in [0.2, 0.25) is 0 Å². The van der Waals surface area contributed by atoms with Crippen LogP contribution in [-0.2, 0) is 4.74 Å². The highest BCUT2D eigenvalue weighted by atomic mass is 16.5. The molecule has 0 heterocycles. The third-order valence-electron chi connectivity index (χ3n) is 1.08. The van der Waals surface area contributed by atoms with Gasteiger partial charge in [0.25, 0.3) is 0 Å². The summed E-state index contributed by atoms with van der Waals surface area (Å²) in [5.41, 5.74) is 0. The van der Waals surface area contributed by atoms with Crippen molar-refractivity contribution in [2.24, 2.45) is 5.92 Å². The predicted molar refractivity (Wildman–Crippen MR) is 44.1 cm³/mol.